The number of nitrogens with one attached hydrogen (secondary N) is 1. The van der Waals surface area contributed by atoms with Gasteiger partial charge < -0.3 is 15.0 Å². The number of hydrogen-bond acceptors (Lipinski definition) is 5. The van der Waals surface area contributed by atoms with Crippen LogP contribution in [0.1, 0.15) is 44.6 Å². The van der Waals surface area contributed by atoms with Crippen LogP contribution >= 0.6 is 23.2 Å². The van der Waals surface area contributed by atoms with E-state index in [1.807, 2.05) is 0 Å². The van der Waals surface area contributed by atoms with Crippen LogP contribution < -0.4 is 14.4 Å². The van der Waals surface area contributed by atoms with Gasteiger partial charge in [0, 0.05) is 28.2 Å². The Morgan fingerprint density at radius 2 is 1.55 bits per heavy atom. The normalized spacial score (nSPS) is 14.6. The third-order valence-corrected chi connectivity index (χ3v) is 9.98. The maximum absolute atomic E-state index is 14.1. The number of amides is 2. The number of carbonyl (C=O) groups is 2. The first-order valence-corrected chi connectivity index (χ1v) is 16.1. The lowest BCUT2D eigenvalue weighted by atomic mass is 9.95. The minimum Gasteiger partial charge on any atom is -0.497 e. The summed E-state index contributed by atoms with van der Waals surface area (Å²) in [5.74, 6) is -0.377. The molecule has 0 aromatic heterocycles. The third kappa shape index (κ3) is 7.56. The Morgan fingerprint density at radius 1 is 0.929 bits per heavy atom. The molecule has 1 unspecified atom stereocenters. The zero-order valence-corrected chi connectivity index (χ0v) is 26.0. The quantitative estimate of drug-likeness (QED) is 0.277. The van der Waals surface area contributed by atoms with Crippen molar-refractivity contribution in [2.75, 3.05) is 18.0 Å². The molecule has 0 spiro atoms. The molecule has 1 aliphatic rings. The Balaban J connectivity index is 1.70. The van der Waals surface area contributed by atoms with Crippen molar-refractivity contribution in [3.8, 4) is 5.75 Å². The van der Waals surface area contributed by atoms with E-state index in [4.69, 9.17) is 27.9 Å². The average molecular weight is 633 g/mol. The number of hydrogen-bond donors (Lipinski definition) is 1. The molecular formula is C31H35Cl2N3O5S. The second kappa shape index (κ2) is 14.3. The predicted octanol–water partition coefficient (Wildman–Crippen LogP) is 6.06. The molecule has 1 N–H and O–H groups in total. The number of carbonyl (C=O) groups excluding carboxylic acids is 2. The summed E-state index contributed by atoms with van der Waals surface area (Å²) in [4.78, 5) is 28.9. The van der Waals surface area contributed by atoms with Gasteiger partial charge in [0.05, 0.1) is 17.7 Å². The van der Waals surface area contributed by atoms with Crippen molar-refractivity contribution in [2.24, 2.45) is 0 Å². The Hall–Kier alpha value is -3.27. The predicted molar refractivity (Wildman–Crippen MR) is 165 cm³/mol. The van der Waals surface area contributed by atoms with Crippen molar-refractivity contribution in [3.63, 3.8) is 0 Å². The fourth-order valence-corrected chi connectivity index (χ4v) is 6.95. The molecule has 1 aliphatic carbocycles. The summed E-state index contributed by atoms with van der Waals surface area (Å²) in [6.07, 6.45) is 4.96. The Kier molecular flexibility index (Phi) is 10.8. The smallest absolute Gasteiger partial charge is 0.264 e. The molecule has 0 radical (unpaired) electrons. The fourth-order valence-electron chi connectivity index (χ4n) is 5.00. The molecule has 3 aromatic rings. The van der Waals surface area contributed by atoms with Crippen molar-refractivity contribution in [1.82, 2.24) is 10.2 Å². The molecule has 1 atom stereocenters. The molecule has 1 fully saturated rings. The van der Waals surface area contributed by atoms with Gasteiger partial charge in [-0.05, 0) is 68.3 Å². The van der Waals surface area contributed by atoms with Crippen molar-refractivity contribution in [3.05, 3.63) is 88.4 Å². The summed E-state index contributed by atoms with van der Waals surface area (Å²) < 4.78 is 34.0. The Labute approximate surface area is 257 Å². The maximum atomic E-state index is 14.1. The molecular weight excluding hydrogens is 597 g/mol. The van der Waals surface area contributed by atoms with E-state index in [1.165, 1.54) is 24.1 Å². The monoisotopic (exact) mass is 631 g/mol. The van der Waals surface area contributed by atoms with Gasteiger partial charge in [-0.15, -0.1) is 0 Å². The molecule has 0 aliphatic heterocycles. The van der Waals surface area contributed by atoms with Crippen LogP contribution in [0.4, 0.5) is 5.69 Å². The highest BCUT2D eigenvalue weighted by Crippen LogP contribution is 2.29. The average Bonchev–Trinajstić information content (AvgIpc) is 3.00. The van der Waals surface area contributed by atoms with Gasteiger partial charge in [0.2, 0.25) is 11.8 Å². The van der Waals surface area contributed by atoms with Gasteiger partial charge in [-0.3, -0.25) is 13.9 Å². The van der Waals surface area contributed by atoms with Gasteiger partial charge in [-0.25, -0.2) is 8.42 Å². The highest BCUT2D eigenvalue weighted by molar-refractivity contribution is 7.92. The van der Waals surface area contributed by atoms with Crippen molar-refractivity contribution in [2.45, 2.75) is 62.6 Å². The number of nitrogens with zero attached hydrogens (tertiary/aromatic N) is 2. The van der Waals surface area contributed by atoms with E-state index in [-0.39, 0.29) is 29.1 Å². The number of halogens is 2. The number of rotatable bonds is 11. The van der Waals surface area contributed by atoms with Gasteiger partial charge in [0.1, 0.15) is 18.3 Å². The van der Waals surface area contributed by atoms with E-state index in [0.29, 0.717) is 21.4 Å². The number of anilines is 1. The number of methoxy groups -OCH3 is 1. The standard InChI is InChI=1S/C31H35Cl2N3O5S/c1-22(31(38)34-23-10-5-3-6-11-23)35(20-27-28(32)14-9-15-29(27)33)30(37)21-36(24-16-18-25(41-2)19-17-24)42(39,40)26-12-7-4-8-13-26/h4,7-9,12-19,22-23H,3,5-6,10-11,20-21H2,1-2H3,(H,34,38). The second-order valence-electron chi connectivity index (χ2n) is 10.3. The number of benzene rings is 3. The summed E-state index contributed by atoms with van der Waals surface area (Å²) in [6, 6.07) is 18.4. The Bertz CT molecular complexity index is 1460. The number of sulfonamides is 1. The highest BCUT2D eigenvalue weighted by Gasteiger charge is 2.33. The van der Waals surface area contributed by atoms with E-state index in [0.717, 1.165) is 36.4 Å². The summed E-state index contributed by atoms with van der Waals surface area (Å²) in [5.41, 5.74) is 0.733. The topological polar surface area (TPSA) is 96.0 Å². The third-order valence-electron chi connectivity index (χ3n) is 7.48. The van der Waals surface area contributed by atoms with Crippen LogP contribution in [0.5, 0.6) is 5.75 Å². The second-order valence-corrected chi connectivity index (χ2v) is 12.9. The van der Waals surface area contributed by atoms with Gasteiger partial charge in [0.25, 0.3) is 10.0 Å². The first kappa shape index (κ1) is 31.7. The summed E-state index contributed by atoms with van der Waals surface area (Å²) >= 11 is 12.9. The van der Waals surface area contributed by atoms with E-state index >= 15 is 0 Å². The number of ether oxygens (including phenoxy) is 1. The van der Waals surface area contributed by atoms with Crippen molar-refractivity contribution < 1.29 is 22.7 Å². The fraction of sp³-hybridized carbons (Fsp3) is 0.355. The van der Waals surface area contributed by atoms with Crippen LogP contribution in [0.2, 0.25) is 10.0 Å². The molecule has 2 amide bonds. The lowest BCUT2D eigenvalue weighted by Crippen LogP contribution is -2.53. The van der Waals surface area contributed by atoms with Crippen LogP contribution in [-0.2, 0) is 26.2 Å². The van der Waals surface area contributed by atoms with Gasteiger partial charge in [-0.2, -0.15) is 0 Å². The zero-order chi connectivity index (χ0) is 30.3. The Morgan fingerprint density at radius 3 is 2.14 bits per heavy atom. The molecule has 3 aromatic carbocycles. The van der Waals surface area contributed by atoms with Crippen molar-refractivity contribution >= 4 is 50.7 Å². The molecule has 11 heteroatoms. The van der Waals surface area contributed by atoms with Crippen LogP contribution in [0, 0.1) is 0 Å². The molecule has 42 heavy (non-hydrogen) atoms. The van der Waals surface area contributed by atoms with Crippen LogP contribution in [-0.4, -0.2) is 50.9 Å². The van der Waals surface area contributed by atoms with E-state index in [2.05, 4.69) is 5.32 Å². The molecule has 0 heterocycles. The molecule has 8 nitrogen and oxygen atoms in total. The lowest BCUT2D eigenvalue weighted by molar-refractivity contribution is -0.139. The van der Waals surface area contributed by atoms with Crippen LogP contribution in [0.15, 0.2) is 77.7 Å². The largest absolute Gasteiger partial charge is 0.497 e. The minimum absolute atomic E-state index is 0.0254. The summed E-state index contributed by atoms with van der Waals surface area (Å²) in [7, 11) is -2.66. The lowest BCUT2D eigenvalue weighted by Gasteiger charge is -2.33. The molecule has 224 valence electrons. The van der Waals surface area contributed by atoms with Crippen LogP contribution in [0.3, 0.4) is 0 Å². The van der Waals surface area contributed by atoms with E-state index < -0.39 is 28.5 Å². The summed E-state index contributed by atoms with van der Waals surface area (Å²) in [5, 5.41) is 3.75. The van der Waals surface area contributed by atoms with Gasteiger partial charge >= 0.3 is 0 Å². The van der Waals surface area contributed by atoms with Crippen molar-refractivity contribution in [1.29, 1.82) is 0 Å². The van der Waals surface area contributed by atoms with E-state index in [1.54, 1.807) is 67.6 Å². The SMILES string of the molecule is COc1ccc(N(CC(=O)N(Cc2c(Cl)cccc2Cl)C(C)C(=O)NC2CCCCC2)S(=O)(=O)c2ccccc2)cc1. The summed E-state index contributed by atoms with van der Waals surface area (Å²) in [6.45, 7) is 0.981. The molecule has 1 saturated carbocycles. The van der Waals surface area contributed by atoms with E-state index in [9.17, 15) is 18.0 Å². The molecule has 4 rings (SSSR count). The van der Waals surface area contributed by atoms with Crippen LogP contribution in [0.25, 0.3) is 0 Å². The minimum atomic E-state index is -4.17. The van der Waals surface area contributed by atoms with Gasteiger partial charge in [-0.1, -0.05) is 66.7 Å². The maximum Gasteiger partial charge on any atom is 0.264 e. The zero-order valence-electron chi connectivity index (χ0n) is 23.6. The van der Waals surface area contributed by atoms with Gasteiger partial charge in [0.15, 0.2) is 0 Å². The first-order chi connectivity index (χ1) is 20.1. The first-order valence-electron chi connectivity index (χ1n) is 13.9. The highest BCUT2D eigenvalue weighted by atomic mass is 35.5. The molecule has 0 saturated heterocycles. The molecule has 0 bridgehead atoms.